The first-order valence-corrected chi connectivity index (χ1v) is 11.9. The zero-order valence-electron chi connectivity index (χ0n) is 9.53. The summed E-state index contributed by atoms with van der Waals surface area (Å²) in [6.45, 7) is 9.26. The van der Waals surface area contributed by atoms with E-state index in [0.29, 0.717) is 39.5 Å². The maximum atomic E-state index is 2.38. The van der Waals surface area contributed by atoms with E-state index in [9.17, 15) is 0 Å². The van der Waals surface area contributed by atoms with Crippen molar-refractivity contribution in [1.82, 2.24) is 0 Å². The fourth-order valence-electron chi connectivity index (χ4n) is 1.76. The van der Waals surface area contributed by atoms with Gasteiger partial charge in [0.25, 0.3) is 0 Å². The summed E-state index contributed by atoms with van der Waals surface area (Å²) in [7, 11) is 2.19. The van der Waals surface area contributed by atoms with Crippen LogP contribution in [0.15, 0.2) is 12.1 Å². The molecule has 82 valence electrons. The summed E-state index contributed by atoms with van der Waals surface area (Å²) < 4.78 is 3.46. The molecular formula is C12H16SSe2. The van der Waals surface area contributed by atoms with Crippen LogP contribution in [-0.4, -0.2) is 27.7 Å². The van der Waals surface area contributed by atoms with E-state index in [-0.39, 0.29) is 0 Å². The van der Waals surface area contributed by atoms with Crippen LogP contribution in [0, 0.1) is 0 Å². The van der Waals surface area contributed by atoms with Gasteiger partial charge in [-0.25, -0.2) is 0 Å². The maximum absolute atomic E-state index is 2.38. The second kappa shape index (κ2) is 4.85. The van der Waals surface area contributed by atoms with Gasteiger partial charge in [0.05, 0.1) is 0 Å². The fourth-order valence-corrected chi connectivity index (χ4v) is 15.1. The second-order valence-corrected chi connectivity index (χ2v) is 14.0. The van der Waals surface area contributed by atoms with Gasteiger partial charge in [-0.1, -0.05) is 0 Å². The van der Waals surface area contributed by atoms with Gasteiger partial charge >= 0.3 is 108 Å². The Kier molecular flexibility index (Phi) is 3.91. The van der Waals surface area contributed by atoms with Crippen molar-refractivity contribution in [3.63, 3.8) is 0 Å². The molecule has 0 unspecified atom stereocenters. The van der Waals surface area contributed by atoms with Crippen LogP contribution >= 0.6 is 8.60 Å². The van der Waals surface area contributed by atoms with Gasteiger partial charge in [-0.2, -0.15) is 0 Å². The Morgan fingerprint density at radius 1 is 0.867 bits per heavy atom. The third kappa shape index (κ3) is 2.32. The second-order valence-electron chi connectivity index (χ2n) is 4.45. The first kappa shape index (κ1) is 12.1. The summed E-state index contributed by atoms with van der Waals surface area (Å²) in [4.78, 5) is 0. The van der Waals surface area contributed by atoms with Crippen LogP contribution in [0.3, 0.4) is 0 Å². The molecule has 0 fully saturated rings. The van der Waals surface area contributed by atoms with E-state index in [0.717, 1.165) is 0 Å². The van der Waals surface area contributed by atoms with Crippen molar-refractivity contribution >= 4 is 45.2 Å². The van der Waals surface area contributed by atoms with Crippen molar-refractivity contribution in [2.75, 3.05) is 0 Å². The average Bonchev–Trinajstić information content (AvgIpc) is 2.63. The summed E-state index contributed by atoms with van der Waals surface area (Å²) >= 11 is 1.39. The minimum absolute atomic E-state index is 0.691. The number of fused-ring (bicyclic) bond motifs is 1. The Bertz CT molecular complexity index is 337. The van der Waals surface area contributed by atoms with Gasteiger partial charge < -0.3 is 0 Å². The normalized spacial score (nSPS) is 15.1. The van der Waals surface area contributed by atoms with Crippen molar-refractivity contribution in [3.8, 4) is 0 Å². The van der Waals surface area contributed by atoms with Crippen molar-refractivity contribution < 1.29 is 0 Å². The Balaban J connectivity index is 2.54. The standard InChI is InChI=1S/C12H16SSe2/c1-7(2)9-5-6-10(8(3)4)12-11(9)14-13-15-12/h5-8H,1-4H3. The molecule has 0 aromatic heterocycles. The van der Waals surface area contributed by atoms with Crippen LogP contribution in [0.5, 0.6) is 0 Å². The van der Waals surface area contributed by atoms with Gasteiger partial charge in [-0.3, -0.25) is 0 Å². The summed E-state index contributed by atoms with van der Waals surface area (Å²) in [5.74, 6) is 1.38. The molecular weight excluding hydrogens is 334 g/mol. The van der Waals surface area contributed by atoms with Crippen molar-refractivity contribution in [2.24, 2.45) is 0 Å². The summed E-state index contributed by atoms with van der Waals surface area (Å²) in [5.41, 5.74) is 3.22. The van der Waals surface area contributed by atoms with Crippen LogP contribution in [0.4, 0.5) is 0 Å². The molecule has 0 atom stereocenters. The number of benzene rings is 1. The molecule has 1 aromatic carbocycles. The molecule has 1 aliphatic heterocycles. The third-order valence-electron chi connectivity index (χ3n) is 2.65. The van der Waals surface area contributed by atoms with E-state index < -0.39 is 0 Å². The Labute approximate surface area is 107 Å². The first-order valence-electron chi connectivity index (χ1n) is 5.29. The van der Waals surface area contributed by atoms with Gasteiger partial charge in [-0.15, -0.1) is 0 Å². The summed E-state index contributed by atoms with van der Waals surface area (Å²) in [6.07, 6.45) is 0. The van der Waals surface area contributed by atoms with E-state index >= 15 is 0 Å². The molecule has 0 amide bonds. The predicted molar refractivity (Wildman–Crippen MR) is 73.0 cm³/mol. The molecule has 0 aliphatic carbocycles. The van der Waals surface area contributed by atoms with Crippen LogP contribution in [-0.2, 0) is 0 Å². The molecule has 3 heteroatoms. The quantitative estimate of drug-likeness (QED) is 0.737. The summed E-state index contributed by atoms with van der Waals surface area (Å²) in [5, 5.41) is 0. The van der Waals surface area contributed by atoms with Crippen molar-refractivity contribution in [2.45, 2.75) is 39.5 Å². The average molecular weight is 350 g/mol. The molecule has 0 nitrogen and oxygen atoms in total. The number of hydrogen-bond acceptors (Lipinski definition) is 1. The molecule has 0 radical (unpaired) electrons. The molecule has 0 saturated carbocycles. The Morgan fingerprint density at radius 3 is 1.60 bits per heavy atom. The van der Waals surface area contributed by atoms with E-state index in [2.05, 4.69) is 48.4 Å². The van der Waals surface area contributed by atoms with Crippen LogP contribution in [0.1, 0.15) is 50.7 Å². The van der Waals surface area contributed by atoms with E-state index in [4.69, 9.17) is 0 Å². The van der Waals surface area contributed by atoms with Crippen molar-refractivity contribution in [1.29, 1.82) is 0 Å². The van der Waals surface area contributed by atoms with Crippen LogP contribution in [0.2, 0.25) is 0 Å². The fraction of sp³-hybridized carbons (Fsp3) is 0.500. The van der Waals surface area contributed by atoms with Gasteiger partial charge in [0.15, 0.2) is 0 Å². The van der Waals surface area contributed by atoms with Gasteiger partial charge in [0.2, 0.25) is 0 Å². The molecule has 2 rings (SSSR count). The molecule has 1 aromatic rings. The SMILES string of the molecule is CC(C)c1ccc(C(C)C)c2c1[Se]S[Se]2. The zero-order chi connectivity index (χ0) is 11.0. The zero-order valence-corrected chi connectivity index (χ0v) is 13.8. The Morgan fingerprint density at radius 2 is 1.27 bits per heavy atom. The summed E-state index contributed by atoms with van der Waals surface area (Å²) in [6, 6.07) is 4.76. The molecule has 0 spiro atoms. The van der Waals surface area contributed by atoms with E-state index in [1.54, 1.807) is 20.1 Å². The van der Waals surface area contributed by atoms with Gasteiger partial charge in [0, 0.05) is 0 Å². The molecule has 0 bridgehead atoms. The van der Waals surface area contributed by atoms with Crippen LogP contribution in [0.25, 0.3) is 0 Å². The van der Waals surface area contributed by atoms with Gasteiger partial charge in [-0.05, 0) is 0 Å². The van der Waals surface area contributed by atoms with Crippen molar-refractivity contribution in [3.05, 3.63) is 23.3 Å². The number of hydrogen-bond donors (Lipinski definition) is 0. The minimum atomic E-state index is 0.691. The first-order chi connectivity index (χ1) is 7.11. The Hall–Kier alpha value is 0.609. The van der Waals surface area contributed by atoms with Crippen LogP contribution < -0.4 is 8.92 Å². The topological polar surface area (TPSA) is 0 Å². The van der Waals surface area contributed by atoms with E-state index in [1.165, 1.54) is 0 Å². The molecule has 1 aliphatic rings. The predicted octanol–water partition coefficient (Wildman–Crippen LogP) is 2.17. The molecule has 0 N–H and O–H groups in total. The molecule has 15 heavy (non-hydrogen) atoms. The molecule has 0 saturated heterocycles. The van der Waals surface area contributed by atoms with E-state index in [1.807, 2.05) is 0 Å². The number of rotatable bonds is 2. The monoisotopic (exact) mass is 352 g/mol. The van der Waals surface area contributed by atoms with Gasteiger partial charge in [0.1, 0.15) is 0 Å². The molecule has 1 heterocycles. The third-order valence-corrected chi connectivity index (χ3v) is 13.0.